The Morgan fingerprint density at radius 3 is 2.67 bits per heavy atom. The first-order valence-electron chi connectivity index (χ1n) is 8.96. The maximum absolute atomic E-state index is 12.5. The summed E-state index contributed by atoms with van der Waals surface area (Å²) in [5.41, 5.74) is 5.10. The van der Waals surface area contributed by atoms with Crippen LogP contribution in [-0.2, 0) is 4.79 Å². The molecule has 0 fully saturated rings. The van der Waals surface area contributed by atoms with Gasteiger partial charge < -0.3 is 14.8 Å². The van der Waals surface area contributed by atoms with Crippen LogP contribution in [0.3, 0.4) is 0 Å². The number of nitrogens with zero attached hydrogens (tertiary/aromatic N) is 2. The van der Waals surface area contributed by atoms with E-state index in [2.05, 4.69) is 5.32 Å². The first-order valence-corrected chi connectivity index (χ1v) is 8.96. The van der Waals surface area contributed by atoms with E-state index in [1.165, 1.54) is 5.56 Å². The van der Waals surface area contributed by atoms with Gasteiger partial charge in [-0.05, 0) is 43.7 Å². The maximum atomic E-state index is 12.5. The molecule has 1 amide bonds. The molecular formula is C21H19N3O3. The molecule has 1 atom stereocenters. The highest BCUT2D eigenvalue weighted by Gasteiger charge is 2.33. The van der Waals surface area contributed by atoms with Crippen LogP contribution < -0.4 is 14.8 Å². The number of carbonyl (C=O) groups is 1. The lowest BCUT2D eigenvalue weighted by Gasteiger charge is -2.24. The number of ether oxygens (including phenoxy) is 2. The number of fused-ring (bicyclic) bond motifs is 2. The van der Waals surface area contributed by atoms with Gasteiger partial charge in [-0.2, -0.15) is 5.10 Å². The standard InChI is InChI=1S/C21H19N3O3/c1-12-3-6-15(7-4-12)24-21-20(13(2)23-24)16(10-19(25)22-21)14-5-8-17-18(9-14)27-11-26-17/h3-9,16H,10-11H2,1-2H3,(H,22,25)/t16-/m0/s1. The molecule has 0 saturated heterocycles. The van der Waals surface area contributed by atoms with Crippen molar-refractivity contribution in [2.24, 2.45) is 0 Å². The Labute approximate surface area is 156 Å². The van der Waals surface area contributed by atoms with Gasteiger partial charge in [-0.3, -0.25) is 4.79 Å². The Hall–Kier alpha value is -3.28. The highest BCUT2D eigenvalue weighted by atomic mass is 16.7. The molecular weight excluding hydrogens is 342 g/mol. The van der Waals surface area contributed by atoms with Crippen molar-refractivity contribution in [3.05, 3.63) is 64.8 Å². The molecule has 27 heavy (non-hydrogen) atoms. The summed E-state index contributed by atoms with van der Waals surface area (Å²) in [5, 5.41) is 7.74. The average molecular weight is 361 g/mol. The van der Waals surface area contributed by atoms with Gasteiger partial charge in [0, 0.05) is 17.9 Å². The number of aromatic nitrogens is 2. The molecule has 2 aliphatic rings. The van der Waals surface area contributed by atoms with Gasteiger partial charge in [0.05, 0.1) is 11.4 Å². The van der Waals surface area contributed by atoms with Crippen molar-refractivity contribution < 1.29 is 14.3 Å². The van der Waals surface area contributed by atoms with Crippen molar-refractivity contribution in [3.8, 4) is 17.2 Å². The maximum Gasteiger partial charge on any atom is 0.231 e. The zero-order valence-corrected chi connectivity index (χ0v) is 15.2. The number of anilines is 1. The van der Waals surface area contributed by atoms with Crippen LogP contribution in [0.5, 0.6) is 11.5 Å². The lowest BCUT2D eigenvalue weighted by Crippen LogP contribution is -2.24. The third kappa shape index (κ3) is 2.56. The summed E-state index contributed by atoms with van der Waals surface area (Å²) in [5.74, 6) is 2.13. The molecule has 2 aliphatic heterocycles. The first-order chi connectivity index (χ1) is 13.1. The van der Waals surface area contributed by atoms with E-state index in [4.69, 9.17) is 14.6 Å². The summed E-state index contributed by atoms with van der Waals surface area (Å²) in [7, 11) is 0. The van der Waals surface area contributed by atoms with Crippen molar-refractivity contribution >= 4 is 11.7 Å². The van der Waals surface area contributed by atoms with Crippen LogP contribution in [0.25, 0.3) is 5.69 Å². The van der Waals surface area contributed by atoms with Crippen LogP contribution in [0.15, 0.2) is 42.5 Å². The van der Waals surface area contributed by atoms with Crippen LogP contribution in [-0.4, -0.2) is 22.5 Å². The van der Waals surface area contributed by atoms with Gasteiger partial charge in [-0.15, -0.1) is 0 Å². The molecule has 6 nitrogen and oxygen atoms in total. The molecule has 6 heteroatoms. The zero-order chi connectivity index (χ0) is 18.5. The number of hydrogen-bond donors (Lipinski definition) is 1. The van der Waals surface area contributed by atoms with Gasteiger partial charge in [0.2, 0.25) is 12.7 Å². The van der Waals surface area contributed by atoms with E-state index in [1.54, 1.807) is 0 Å². The van der Waals surface area contributed by atoms with Crippen LogP contribution in [0.1, 0.15) is 34.7 Å². The molecule has 2 aromatic carbocycles. The van der Waals surface area contributed by atoms with Crippen molar-refractivity contribution in [2.75, 3.05) is 12.1 Å². The molecule has 0 unspecified atom stereocenters. The molecule has 0 saturated carbocycles. The monoisotopic (exact) mass is 361 g/mol. The number of amides is 1. The van der Waals surface area contributed by atoms with E-state index in [-0.39, 0.29) is 18.6 Å². The van der Waals surface area contributed by atoms with Crippen molar-refractivity contribution in [1.29, 1.82) is 0 Å². The van der Waals surface area contributed by atoms with E-state index in [9.17, 15) is 4.79 Å². The van der Waals surface area contributed by atoms with Crippen LogP contribution in [0.2, 0.25) is 0 Å². The molecule has 1 aromatic heterocycles. The number of hydrogen-bond acceptors (Lipinski definition) is 4. The normalized spacial score (nSPS) is 17.6. The summed E-state index contributed by atoms with van der Waals surface area (Å²) in [4.78, 5) is 12.5. The summed E-state index contributed by atoms with van der Waals surface area (Å²) < 4.78 is 12.7. The quantitative estimate of drug-likeness (QED) is 0.756. The molecule has 0 radical (unpaired) electrons. The minimum absolute atomic E-state index is 0.0153. The topological polar surface area (TPSA) is 65.4 Å². The number of carbonyl (C=O) groups excluding carboxylic acids is 1. The van der Waals surface area contributed by atoms with Crippen molar-refractivity contribution in [1.82, 2.24) is 9.78 Å². The molecule has 0 spiro atoms. The van der Waals surface area contributed by atoms with Crippen LogP contribution in [0.4, 0.5) is 5.82 Å². The smallest absolute Gasteiger partial charge is 0.231 e. The fraction of sp³-hybridized carbons (Fsp3) is 0.238. The fourth-order valence-corrected chi connectivity index (χ4v) is 3.83. The van der Waals surface area contributed by atoms with Crippen molar-refractivity contribution in [2.45, 2.75) is 26.2 Å². The van der Waals surface area contributed by atoms with E-state index in [0.717, 1.165) is 39.8 Å². The number of aryl methyl sites for hydroxylation is 2. The number of benzene rings is 2. The van der Waals surface area contributed by atoms with E-state index >= 15 is 0 Å². The van der Waals surface area contributed by atoms with Crippen molar-refractivity contribution in [3.63, 3.8) is 0 Å². The van der Waals surface area contributed by atoms with Gasteiger partial charge in [-0.1, -0.05) is 23.8 Å². The van der Waals surface area contributed by atoms with Gasteiger partial charge in [-0.25, -0.2) is 4.68 Å². The fourth-order valence-electron chi connectivity index (χ4n) is 3.83. The second-order valence-electron chi connectivity index (χ2n) is 7.01. The molecule has 3 aromatic rings. The lowest BCUT2D eigenvalue weighted by molar-refractivity contribution is -0.116. The van der Waals surface area contributed by atoms with Crippen LogP contribution >= 0.6 is 0 Å². The van der Waals surface area contributed by atoms with Gasteiger partial charge in [0.15, 0.2) is 11.5 Å². The summed E-state index contributed by atoms with van der Waals surface area (Å²) >= 11 is 0. The summed E-state index contributed by atoms with van der Waals surface area (Å²) in [6.45, 7) is 4.27. The Bertz CT molecular complexity index is 1050. The minimum atomic E-state index is -0.0672. The SMILES string of the molecule is Cc1ccc(-n2nc(C)c3c2NC(=O)C[C@H]3c2ccc3c(c2)OCO3)cc1. The van der Waals surface area contributed by atoms with E-state index in [0.29, 0.717) is 6.42 Å². The molecule has 0 aliphatic carbocycles. The second kappa shape index (κ2) is 5.87. The third-order valence-corrected chi connectivity index (χ3v) is 5.18. The zero-order valence-electron chi connectivity index (χ0n) is 15.2. The predicted octanol–water partition coefficient (Wildman–Crippen LogP) is 3.69. The molecule has 136 valence electrons. The first kappa shape index (κ1) is 15.9. The van der Waals surface area contributed by atoms with Gasteiger partial charge >= 0.3 is 0 Å². The lowest BCUT2D eigenvalue weighted by atomic mass is 9.85. The number of nitrogens with one attached hydrogen (secondary N) is 1. The Balaban J connectivity index is 1.63. The largest absolute Gasteiger partial charge is 0.454 e. The summed E-state index contributed by atoms with van der Waals surface area (Å²) in [6, 6.07) is 14.0. The highest BCUT2D eigenvalue weighted by molar-refractivity contribution is 5.95. The van der Waals surface area contributed by atoms with E-state index in [1.807, 2.05) is 61.0 Å². The predicted molar refractivity (Wildman–Crippen MR) is 101 cm³/mol. The molecule has 0 bridgehead atoms. The highest BCUT2D eigenvalue weighted by Crippen LogP contribution is 2.43. The van der Waals surface area contributed by atoms with E-state index < -0.39 is 0 Å². The Morgan fingerprint density at radius 1 is 1.07 bits per heavy atom. The van der Waals surface area contributed by atoms with Crippen LogP contribution in [0, 0.1) is 13.8 Å². The Morgan fingerprint density at radius 2 is 1.85 bits per heavy atom. The van der Waals surface area contributed by atoms with Gasteiger partial charge in [0.1, 0.15) is 5.82 Å². The minimum Gasteiger partial charge on any atom is -0.454 e. The molecule has 3 heterocycles. The average Bonchev–Trinajstić information content (AvgIpc) is 3.26. The molecule has 5 rings (SSSR count). The molecule has 1 N–H and O–H groups in total. The summed E-state index contributed by atoms with van der Waals surface area (Å²) in [6.07, 6.45) is 0.382. The Kier molecular flexibility index (Phi) is 3.47. The van der Waals surface area contributed by atoms with Gasteiger partial charge in [0.25, 0.3) is 0 Å². The second-order valence-corrected chi connectivity index (χ2v) is 7.01. The third-order valence-electron chi connectivity index (χ3n) is 5.18. The number of rotatable bonds is 2.